The number of piperidine rings is 1. The molecule has 1 fully saturated rings. The first kappa shape index (κ1) is 16.4. The van der Waals surface area contributed by atoms with E-state index in [2.05, 4.69) is 31.0 Å². The van der Waals surface area contributed by atoms with Gasteiger partial charge in [-0.25, -0.2) is 0 Å². The van der Waals surface area contributed by atoms with Crippen molar-refractivity contribution < 1.29 is 9.90 Å². The van der Waals surface area contributed by atoms with Crippen molar-refractivity contribution in [2.75, 3.05) is 26.2 Å². The number of aliphatic carboxylic acids is 1. The predicted molar refractivity (Wildman–Crippen MR) is 78.3 cm³/mol. The predicted octanol–water partition coefficient (Wildman–Crippen LogP) is 2.20. The van der Waals surface area contributed by atoms with E-state index in [1.807, 2.05) is 0 Å². The zero-order valence-electron chi connectivity index (χ0n) is 12.7. The van der Waals surface area contributed by atoms with E-state index in [9.17, 15) is 9.90 Å². The maximum atomic E-state index is 11.3. The zero-order valence-corrected chi connectivity index (χ0v) is 12.7. The van der Waals surface area contributed by atoms with Gasteiger partial charge in [0.25, 0.3) is 0 Å². The van der Waals surface area contributed by atoms with Gasteiger partial charge in [0.15, 0.2) is 0 Å². The van der Waals surface area contributed by atoms with Gasteiger partial charge in [-0.05, 0) is 50.7 Å². The van der Waals surface area contributed by atoms with Crippen LogP contribution >= 0.6 is 0 Å². The molecule has 0 spiro atoms. The van der Waals surface area contributed by atoms with Crippen LogP contribution in [0.15, 0.2) is 0 Å². The highest BCUT2D eigenvalue weighted by molar-refractivity contribution is 5.73. The maximum Gasteiger partial charge on any atom is 0.320 e. The minimum absolute atomic E-state index is 0.280. The first-order valence-electron chi connectivity index (χ1n) is 7.72. The quantitative estimate of drug-likeness (QED) is 0.710. The van der Waals surface area contributed by atoms with Crippen LogP contribution in [0.5, 0.6) is 0 Å². The van der Waals surface area contributed by atoms with Crippen molar-refractivity contribution in [2.24, 2.45) is 11.8 Å². The van der Waals surface area contributed by atoms with Crippen molar-refractivity contribution >= 4 is 5.97 Å². The van der Waals surface area contributed by atoms with Gasteiger partial charge in [-0.15, -0.1) is 0 Å². The lowest BCUT2D eigenvalue weighted by atomic mass is 9.95. The standard InChI is InChI=1S/C15H30N2O2/c1-4-6-14(15(18)19)17-8-5-7-13(11-17)10-16-9-12(2)3/h12-14,16H,4-11H2,1-3H3,(H,18,19). The third kappa shape index (κ3) is 5.91. The summed E-state index contributed by atoms with van der Waals surface area (Å²) in [6, 6.07) is -0.280. The van der Waals surface area contributed by atoms with Crippen LogP contribution in [0.1, 0.15) is 46.5 Å². The van der Waals surface area contributed by atoms with Crippen LogP contribution < -0.4 is 5.32 Å². The Hall–Kier alpha value is -0.610. The van der Waals surface area contributed by atoms with Crippen molar-refractivity contribution in [2.45, 2.75) is 52.5 Å². The molecule has 0 aliphatic carbocycles. The Kier molecular flexibility index (Phi) is 7.39. The molecule has 0 aromatic rings. The summed E-state index contributed by atoms with van der Waals surface area (Å²) in [4.78, 5) is 13.5. The van der Waals surface area contributed by atoms with Gasteiger partial charge in [-0.3, -0.25) is 9.69 Å². The second-order valence-electron chi connectivity index (χ2n) is 6.20. The molecule has 2 N–H and O–H groups in total. The summed E-state index contributed by atoms with van der Waals surface area (Å²) in [5, 5.41) is 12.8. The zero-order chi connectivity index (χ0) is 14.3. The van der Waals surface area contributed by atoms with Gasteiger partial charge < -0.3 is 10.4 Å². The molecule has 0 aromatic carbocycles. The molecule has 0 amide bonds. The van der Waals surface area contributed by atoms with Crippen LogP contribution in [0, 0.1) is 11.8 Å². The van der Waals surface area contributed by atoms with Crippen LogP contribution in [-0.2, 0) is 4.79 Å². The Morgan fingerprint density at radius 2 is 2.21 bits per heavy atom. The number of carbonyl (C=O) groups is 1. The highest BCUT2D eigenvalue weighted by atomic mass is 16.4. The van der Waals surface area contributed by atoms with Gasteiger partial charge in [0.1, 0.15) is 6.04 Å². The van der Waals surface area contributed by atoms with Gasteiger partial charge >= 0.3 is 5.97 Å². The number of nitrogens with zero attached hydrogens (tertiary/aromatic N) is 1. The molecule has 0 saturated carbocycles. The molecule has 4 nitrogen and oxygen atoms in total. The van der Waals surface area contributed by atoms with Crippen molar-refractivity contribution in [1.29, 1.82) is 0 Å². The SMILES string of the molecule is CCCC(C(=O)O)N1CCCC(CNCC(C)C)C1. The summed E-state index contributed by atoms with van der Waals surface area (Å²) in [6.07, 6.45) is 4.05. The van der Waals surface area contributed by atoms with E-state index >= 15 is 0 Å². The van der Waals surface area contributed by atoms with E-state index in [1.165, 1.54) is 6.42 Å². The molecule has 112 valence electrons. The molecule has 2 atom stereocenters. The lowest BCUT2D eigenvalue weighted by Gasteiger charge is -2.36. The Morgan fingerprint density at radius 3 is 2.79 bits per heavy atom. The number of likely N-dealkylation sites (tertiary alicyclic amines) is 1. The number of carboxylic acid groups (broad SMARTS) is 1. The lowest BCUT2D eigenvalue weighted by Crippen LogP contribution is -2.48. The molecule has 1 aliphatic heterocycles. The smallest absolute Gasteiger partial charge is 0.320 e. The lowest BCUT2D eigenvalue weighted by molar-refractivity contribution is -0.144. The summed E-state index contributed by atoms with van der Waals surface area (Å²) in [5.74, 6) is 0.621. The largest absolute Gasteiger partial charge is 0.480 e. The van der Waals surface area contributed by atoms with E-state index in [-0.39, 0.29) is 6.04 Å². The van der Waals surface area contributed by atoms with Crippen molar-refractivity contribution in [3.63, 3.8) is 0 Å². The number of rotatable bonds is 8. The minimum atomic E-state index is -0.655. The summed E-state index contributed by atoms with van der Waals surface area (Å²) < 4.78 is 0. The molecule has 1 heterocycles. The fourth-order valence-corrected chi connectivity index (χ4v) is 2.86. The topological polar surface area (TPSA) is 52.6 Å². The highest BCUT2D eigenvalue weighted by Crippen LogP contribution is 2.20. The average molecular weight is 270 g/mol. The third-order valence-corrected chi connectivity index (χ3v) is 3.82. The fourth-order valence-electron chi connectivity index (χ4n) is 2.86. The molecule has 19 heavy (non-hydrogen) atoms. The molecule has 1 rings (SSSR count). The van der Waals surface area contributed by atoms with Crippen molar-refractivity contribution in [3.05, 3.63) is 0 Å². The Morgan fingerprint density at radius 1 is 1.47 bits per heavy atom. The van der Waals surface area contributed by atoms with Gasteiger partial charge in [0, 0.05) is 6.54 Å². The summed E-state index contributed by atoms with van der Waals surface area (Å²) in [5.41, 5.74) is 0. The first-order chi connectivity index (χ1) is 9.04. The van der Waals surface area contributed by atoms with E-state index < -0.39 is 5.97 Å². The van der Waals surface area contributed by atoms with Crippen LogP contribution in [0.4, 0.5) is 0 Å². The molecular formula is C15H30N2O2. The number of hydrogen-bond acceptors (Lipinski definition) is 3. The second kappa shape index (κ2) is 8.54. The summed E-state index contributed by atoms with van der Waals surface area (Å²) in [7, 11) is 0. The third-order valence-electron chi connectivity index (χ3n) is 3.82. The Bertz CT molecular complexity index is 269. The second-order valence-corrected chi connectivity index (χ2v) is 6.20. The highest BCUT2D eigenvalue weighted by Gasteiger charge is 2.29. The molecular weight excluding hydrogens is 240 g/mol. The van der Waals surface area contributed by atoms with E-state index in [1.54, 1.807) is 0 Å². The van der Waals surface area contributed by atoms with Crippen molar-refractivity contribution in [1.82, 2.24) is 10.2 Å². The molecule has 2 unspecified atom stereocenters. The monoisotopic (exact) mass is 270 g/mol. The molecule has 0 radical (unpaired) electrons. The molecule has 1 aliphatic rings. The molecule has 4 heteroatoms. The summed E-state index contributed by atoms with van der Waals surface area (Å²) >= 11 is 0. The van der Waals surface area contributed by atoms with Crippen LogP contribution in [-0.4, -0.2) is 48.2 Å². The van der Waals surface area contributed by atoms with Crippen LogP contribution in [0.2, 0.25) is 0 Å². The minimum Gasteiger partial charge on any atom is -0.480 e. The molecule has 0 bridgehead atoms. The van der Waals surface area contributed by atoms with Crippen LogP contribution in [0.25, 0.3) is 0 Å². The summed E-state index contributed by atoms with van der Waals surface area (Å²) in [6.45, 7) is 10.4. The average Bonchev–Trinajstić information content (AvgIpc) is 2.35. The Balaban J connectivity index is 2.41. The fraction of sp³-hybridized carbons (Fsp3) is 0.933. The van der Waals surface area contributed by atoms with E-state index in [0.29, 0.717) is 11.8 Å². The van der Waals surface area contributed by atoms with Gasteiger partial charge in [-0.1, -0.05) is 27.2 Å². The van der Waals surface area contributed by atoms with E-state index in [4.69, 9.17) is 0 Å². The number of hydrogen-bond donors (Lipinski definition) is 2. The number of carboxylic acids is 1. The van der Waals surface area contributed by atoms with Crippen LogP contribution in [0.3, 0.4) is 0 Å². The maximum absolute atomic E-state index is 11.3. The Labute approximate surface area is 117 Å². The molecule has 1 saturated heterocycles. The molecule has 0 aromatic heterocycles. The van der Waals surface area contributed by atoms with Crippen molar-refractivity contribution in [3.8, 4) is 0 Å². The van der Waals surface area contributed by atoms with Gasteiger partial charge in [-0.2, -0.15) is 0 Å². The first-order valence-corrected chi connectivity index (χ1v) is 7.72. The van der Waals surface area contributed by atoms with E-state index in [0.717, 1.165) is 45.4 Å². The van der Waals surface area contributed by atoms with Gasteiger partial charge in [0.2, 0.25) is 0 Å². The number of nitrogens with one attached hydrogen (secondary N) is 1. The van der Waals surface area contributed by atoms with Gasteiger partial charge in [0.05, 0.1) is 0 Å². The normalized spacial score (nSPS) is 22.6.